The average Bonchev–Trinajstić information content (AvgIpc) is 2.40. The van der Waals surface area contributed by atoms with Gasteiger partial charge in [-0.15, -0.1) is 0 Å². The highest BCUT2D eigenvalue weighted by Gasteiger charge is 2.19. The van der Waals surface area contributed by atoms with E-state index in [-0.39, 0.29) is 0 Å². The van der Waals surface area contributed by atoms with Gasteiger partial charge in [-0.2, -0.15) is 0 Å². The zero-order valence-corrected chi connectivity index (χ0v) is 11.0. The van der Waals surface area contributed by atoms with E-state index in [1.165, 1.54) is 12.8 Å². The lowest BCUT2D eigenvalue weighted by atomic mass is 10.0. The summed E-state index contributed by atoms with van der Waals surface area (Å²) in [6.45, 7) is 10.3. The Morgan fingerprint density at radius 3 is 3.00 bits per heavy atom. The van der Waals surface area contributed by atoms with E-state index in [0.29, 0.717) is 12.0 Å². The summed E-state index contributed by atoms with van der Waals surface area (Å²) in [7, 11) is 0. The zero-order chi connectivity index (χ0) is 11.9. The Morgan fingerprint density at radius 2 is 2.24 bits per heavy atom. The van der Waals surface area contributed by atoms with Crippen LogP contribution in [0.1, 0.15) is 19.8 Å². The molecule has 0 aromatic heterocycles. The largest absolute Gasteiger partial charge is 0.381 e. The molecule has 17 heavy (non-hydrogen) atoms. The summed E-state index contributed by atoms with van der Waals surface area (Å²) in [5, 5.41) is 3.54. The summed E-state index contributed by atoms with van der Waals surface area (Å²) in [6, 6.07) is 0. The summed E-state index contributed by atoms with van der Waals surface area (Å²) in [4.78, 5) is 2.46. The smallest absolute Gasteiger partial charge is 0.0826 e. The number of hydrogen-bond acceptors (Lipinski definition) is 4. The van der Waals surface area contributed by atoms with Crippen LogP contribution in [0.4, 0.5) is 0 Å². The SMILES string of the molecule is CCN1CCOC(CNCC2CCCOC2)C1. The second kappa shape index (κ2) is 7.31. The highest BCUT2D eigenvalue weighted by molar-refractivity contribution is 4.74. The molecule has 0 aromatic rings. The summed E-state index contributed by atoms with van der Waals surface area (Å²) in [6.07, 6.45) is 2.89. The van der Waals surface area contributed by atoms with Crippen molar-refractivity contribution in [1.29, 1.82) is 0 Å². The number of rotatable bonds is 5. The third kappa shape index (κ3) is 4.54. The molecule has 4 nitrogen and oxygen atoms in total. The Kier molecular flexibility index (Phi) is 5.71. The van der Waals surface area contributed by atoms with Crippen molar-refractivity contribution in [1.82, 2.24) is 10.2 Å². The molecule has 0 spiro atoms. The van der Waals surface area contributed by atoms with Crippen molar-refractivity contribution in [2.75, 3.05) is 52.5 Å². The minimum atomic E-state index is 0.369. The van der Waals surface area contributed by atoms with Gasteiger partial charge in [0.25, 0.3) is 0 Å². The Hall–Kier alpha value is -0.160. The fourth-order valence-electron chi connectivity index (χ4n) is 2.61. The molecule has 2 fully saturated rings. The van der Waals surface area contributed by atoms with Gasteiger partial charge in [0.2, 0.25) is 0 Å². The second-order valence-corrected chi connectivity index (χ2v) is 5.13. The van der Waals surface area contributed by atoms with E-state index in [1.54, 1.807) is 0 Å². The topological polar surface area (TPSA) is 33.7 Å². The third-order valence-corrected chi connectivity index (χ3v) is 3.73. The second-order valence-electron chi connectivity index (χ2n) is 5.13. The van der Waals surface area contributed by atoms with Crippen molar-refractivity contribution in [3.63, 3.8) is 0 Å². The minimum Gasteiger partial charge on any atom is -0.381 e. The molecule has 0 aliphatic carbocycles. The van der Waals surface area contributed by atoms with Crippen molar-refractivity contribution < 1.29 is 9.47 Å². The van der Waals surface area contributed by atoms with E-state index >= 15 is 0 Å². The molecule has 2 atom stereocenters. The number of ether oxygens (including phenoxy) is 2. The predicted octanol–water partition coefficient (Wildman–Crippen LogP) is 0.723. The van der Waals surface area contributed by atoms with E-state index < -0.39 is 0 Å². The maximum absolute atomic E-state index is 5.76. The molecule has 0 amide bonds. The van der Waals surface area contributed by atoms with Gasteiger partial charge in [-0.25, -0.2) is 0 Å². The van der Waals surface area contributed by atoms with Gasteiger partial charge in [0.15, 0.2) is 0 Å². The van der Waals surface area contributed by atoms with Crippen LogP contribution in [-0.2, 0) is 9.47 Å². The van der Waals surface area contributed by atoms with Crippen LogP contribution in [0, 0.1) is 5.92 Å². The number of nitrogens with zero attached hydrogens (tertiary/aromatic N) is 1. The van der Waals surface area contributed by atoms with Crippen LogP contribution in [0.15, 0.2) is 0 Å². The molecule has 2 aliphatic heterocycles. The van der Waals surface area contributed by atoms with Gasteiger partial charge in [-0.05, 0) is 25.3 Å². The molecule has 2 aliphatic rings. The van der Waals surface area contributed by atoms with Crippen LogP contribution in [-0.4, -0.2) is 63.5 Å². The first kappa shape index (κ1) is 13.3. The first-order valence-corrected chi connectivity index (χ1v) is 7.01. The van der Waals surface area contributed by atoms with Crippen LogP contribution in [0.25, 0.3) is 0 Å². The predicted molar refractivity (Wildman–Crippen MR) is 68.3 cm³/mol. The van der Waals surface area contributed by atoms with Crippen LogP contribution in [0.3, 0.4) is 0 Å². The summed E-state index contributed by atoms with van der Waals surface area (Å²) in [5.74, 6) is 0.703. The Bertz CT molecular complexity index is 208. The number of morpholine rings is 1. The Labute approximate surface area is 105 Å². The van der Waals surface area contributed by atoms with Crippen molar-refractivity contribution in [3.05, 3.63) is 0 Å². The van der Waals surface area contributed by atoms with Crippen molar-refractivity contribution in [2.45, 2.75) is 25.9 Å². The lowest BCUT2D eigenvalue weighted by molar-refractivity contribution is -0.0265. The van der Waals surface area contributed by atoms with E-state index in [9.17, 15) is 0 Å². The van der Waals surface area contributed by atoms with Crippen molar-refractivity contribution in [2.24, 2.45) is 5.92 Å². The number of likely N-dealkylation sites (N-methyl/N-ethyl adjacent to an activating group) is 1. The van der Waals surface area contributed by atoms with E-state index in [0.717, 1.165) is 52.5 Å². The molecule has 2 rings (SSSR count). The standard InChI is InChI=1S/C13H26N2O2/c1-2-15-5-7-17-13(10-15)9-14-8-12-4-3-6-16-11-12/h12-14H,2-11H2,1H3. The summed E-state index contributed by atoms with van der Waals surface area (Å²) < 4.78 is 11.2. The van der Waals surface area contributed by atoms with Gasteiger partial charge in [-0.3, -0.25) is 4.90 Å². The monoisotopic (exact) mass is 242 g/mol. The van der Waals surface area contributed by atoms with Gasteiger partial charge < -0.3 is 14.8 Å². The number of hydrogen-bond donors (Lipinski definition) is 1. The molecular formula is C13H26N2O2. The van der Waals surface area contributed by atoms with Gasteiger partial charge in [0, 0.05) is 32.8 Å². The lowest BCUT2D eigenvalue weighted by Crippen LogP contribution is -2.47. The highest BCUT2D eigenvalue weighted by atomic mass is 16.5. The fourth-order valence-corrected chi connectivity index (χ4v) is 2.61. The Balaban J connectivity index is 1.57. The average molecular weight is 242 g/mol. The van der Waals surface area contributed by atoms with Gasteiger partial charge in [0.05, 0.1) is 19.3 Å². The van der Waals surface area contributed by atoms with E-state index in [1.807, 2.05) is 0 Å². The normalized spacial score (nSPS) is 31.6. The fraction of sp³-hybridized carbons (Fsp3) is 1.00. The lowest BCUT2D eigenvalue weighted by Gasteiger charge is -2.32. The molecular weight excluding hydrogens is 216 g/mol. The van der Waals surface area contributed by atoms with Crippen LogP contribution in [0.2, 0.25) is 0 Å². The Morgan fingerprint density at radius 1 is 1.29 bits per heavy atom. The van der Waals surface area contributed by atoms with Crippen LogP contribution in [0.5, 0.6) is 0 Å². The van der Waals surface area contributed by atoms with Gasteiger partial charge >= 0.3 is 0 Å². The van der Waals surface area contributed by atoms with Gasteiger partial charge in [-0.1, -0.05) is 6.92 Å². The maximum atomic E-state index is 5.76. The molecule has 4 heteroatoms. The van der Waals surface area contributed by atoms with Gasteiger partial charge in [0.1, 0.15) is 0 Å². The molecule has 0 aromatic carbocycles. The van der Waals surface area contributed by atoms with E-state index in [2.05, 4.69) is 17.1 Å². The highest BCUT2D eigenvalue weighted by Crippen LogP contribution is 2.12. The molecule has 0 saturated carbocycles. The number of nitrogens with one attached hydrogen (secondary N) is 1. The van der Waals surface area contributed by atoms with Crippen LogP contribution < -0.4 is 5.32 Å². The summed E-state index contributed by atoms with van der Waals surface area (Å²) >= 11 is 0. The van der Waals surface area contributed by atoms with Crippen molar-refractivity contribution in [3.8, 4) is 0 Å². The maximum Gasteiger partial charge on any atom is 0.0826 e. The molecule has 0 radical (unpaired) electrons. The minimum absolute atomic E-state index is 0.369. The zero-order valence-electron chi connectivity index (χ0n) is 11.0. The van der Waals surface area contributed by atoms with Crippen molar-refractivity contribution >= 4 is 0 Å². The molecule has 2 saturated heterocycles. The third-order valence-electron chi connectivity index (χ3n) is 3.73. The van der Waals surface area contributed by atoms with Crippen LogP contribution >= 0.6 is 0 Å². The molecule has 2 unspecified atom stereocenters. The first-order chi connectivity index (χ1) is 8.38. The molecule has 100 valence electrons. The molecule has 1 N–H and O–H groups in total. The molecule has 2 heterocycles. The first-order valence-electron chi connectivity index (χ1n) is 7.01. The summed E-state index contributed by atoms with van der Waals surface area (Å²) in [5.41, 5.74) is 0. The molecule has 0 bridgehead atoms. The quantitative estimate of drug-likeness (QED) is 0.770. The van der Waals surface area contributed by atoms with E-state index in [4.69, 9.17) is 9.47 Å².